The molecule has 0 saturated carbocycles. The van der Waals surface area contributed by atoms with Crippen molar-refractivity contribution in [3.63, 3.8) is 0 Å². The van der Waals surface area contributed by atoms with Crippen molar-refractivity contribution in [3.8, 4) is 0 Å². The normalized spacial score (nSPS) is 20.6. The van der Waals surface area contributed by atoms with Crippen molar-refractivity contribution in [2.24, 2.45) is 11.8 Å². The SMILES string of the molecule is CS(=O)(=O)Nc1ccc2c(c1)C(=O)C(C1CCN(CCc3ccccn3)CC1)C2. The summed E-state index contributed by atoms with van der Waals surface area (Å²) in [7, 11) is -3.35. The topological polar surface area (TPSA) is 79.4 Å². The van der Waals surface area contributed by atoms with Crippen molar-refractivity contribution in [1.29, 1.82) is 0 Å². The third-order valence-corrected chi connectivity index (χ3v) is 6.67. The summed E-state index contributed by atoms with van der Waals surface area (Å²) < 4.78 is 25.4. The standard InChI is InChI=1S/C22H27N3O3S/c1-29(27,28)24-19-6-5-17-14-20(22(26)21(17)15-19)16-7-11-25(12-8-16)13-9-18-4-2-3-10-23-18/h2-6,10,15-16,20,24H,7-9,11-14H2,1H3. The summed E-state index contributed by atoms with van der Waals surface area (Å²) in [4.78, 5) is 19.9. The number of rotatable bonds is 6. The Kier molecular flexibility index (Phi) is 5.69. The molecule has 1 aliphatic heterocycles. The average molecular weight is 414 g/mol. The summed E-state index contributed by atoms with van der Waals surface area (Å²) >= 11 is 0. The Hall–Kier alpha value is -2.25. The molecule has 1 aromatic heterocycles. The molecule has 1 N–H and O–H groups in total. The number of benzene rings is 1. The van der Waals surface area contributed by atoms with Gasteiger partial charge in [0.25, 0.3) is 0 Å². The van der Waals surface area contributed by atoms with Crippen LogP contribution in [0.15, 0.2) is 42.6 Å². The third kappa shape index (κ3) is 4.85. The number of ketones is 1. The van der Waals surface area contributed by atoms with Crippen molar-refractivity contribution < 1.29 is 13.2 Å². The number of carbonyl (C=O) groups excluding carboxylic acids is 1. The van der Waals surface area contributed by atoms with Gasteiger partial charge in [0.1, 0.15) is 0 Å². The van der Waals surface area contributed by atoms with Crippen LogP contribution in [0.3, 0.4) is 0 Å². The molecule has 0 bridgehead atoms. The molecule has 2 heterocycles. The van der Waals surface area contributed by atoms with E-state index in [1.165, 1.54) is 0 Å². The third-order valence-electron chi connectivity index (χ3n) is 6.07. The number of hydrogen-bond donors (Lipinski definition) is 1. The molecular weight excluding hydrogens is 386 g/mol. The fourth-order valence-corrected chi connectivity index (χ4v) is 5.12. The molecule has 6 nitrogen and oxygen atoms in total. The number of sulfonamides is 1. The van der Waals surface area contributed by atoms with Gasteiger partial charge in [-0.05, 0) is 68.1 Å². The minimum atomic E-state index is -3.35. The zero-order valence-electron chi connectivity index (χ0n) is 16.7. The number of nitrogens with one attached hydrogen (secondary N) is 1. The second-order valence-electron chi connectivity index (χ2n) is 8.17. The van der Waals surface area contributed by atoms with Crippen LogP contribution in [0.5, 0.6) is 0 Å². The van der Waals surface area contributed by atoms with Crippen LogP contribution in [0.4, 0.5) is 5.69 Å². The van der Waals surface area contributed by atoms with E-state index in [0.717, 1.165) is 62.8 Å². The Balaban J connectivity index is 1.33. The van der Waals surface area contributed by atoms with E-state index >= 15 is 0 Å². The number of nitrogens with zero attached hydrogens (tertiary/aromatic N) is 2. The van der Waals surface area contributed by atoms with Gasteiger partial charge in [-0.2, -0.15) is 0 Å². The van der Waals surface area contributed by atoms with E-state index in [4.69, 9.17) is 0 Å². The summed E-state index contributed by atoms with van der Waals surface area (Å²) in [6.07, 6.45) is 6.73. The lowest BCUT2D eigenvalue weighted by Gasteiger charge is -2.34. The number of Topliss-reactive ketones (excluding diaryl/α,β-unsaturated/α-hetero) is 1. The number of fused-ring (bicyclic) bond motifs is 1. The quantitative estimate of drug-likeness (QED) is 0.788. The summed E-state index contributed by atoms with van der Waals surface area (Å²) in [5.74, 6) is 0.591. The highest BCUT2D eigenvalue weighted by atomic mass is 32.2. The zero-order chi connectivity index (χ0) is 20.4. The first-order chi connectivity index (χ1) is 13.9. The van der Waals surface area contributed by atoms with Crippen LogP contribution >= 0.6 is 0 Å². The van der Waals surface area contributed by atoms with E-state index in [9.17, 15) is 13.2 Å². The molecule has 4 rings (SSSR count). The molecule has 0 amide bonds. The highest BCUT2D eigenvalue weighted by Gasteiger charge is 2.37. The Morgan fingerprint density at radius 1 is 1.17 bits per heavy atom. The van der Waals surface area contributed by atoms with Crippen LogP contribution in [-0.4, -0.2) is 50.0 Å². The maximum absolute atomic E-state index is 13.0. The number of carbonyl (C=O) groups is 1. The average Bonchev–Trinajstić information content (AvgIpc) is 3.03. The summed E-state index contributed by atoms with van der Waals surface area (Å²) in [6.45, 7) is 3.03. The lowest BCUT2D eigenvalue weighted by Crippen LogP contribution is -2.38. The maximum Gasteiger partial charge on any atom is 0.229 e. The lowest BCUT2D eigenvalue weighted by atomic mass is 9.82. The van der Waals surface area contributed by atoms with Crippen molar-refractivity contribution in [2.75, 3.05) is 30.6 Å². The number of piperidine rings is 1. The molecule has 0 spiro atoms. The van der Waals surface area contributed by atoms with Gasteiger partial charge in [-0.3, -0.25) is 14.5 Å². The van der Waals surface area contributed by atoms with Crippen LogP contribution in [0.1, 0.15) is 34.5 Å². The molecule has 1 aromatic carbocycles. The molecule has 154 valence electrons. The van der Waals surface area contributed by atoms with Crippen molar-refractivity contribution in [1.82, 2.24) is 9.88 Å². The molecule has 2 aromatic rings. The monoisotopic (exact) mass is 413 g/mol. The summed E-state index contributed by atoms with van der Waals surface area (Å²) in [5, 5.41) is 0. The highest BCUT2D eigenvalue weighted by Crippen LogP contribution is 2.37. The van der Waals surface area contributed by atoms with E-state index in [1.54, 1.807) is 12.1 Å². The number of hydrogen-bond acceptors (Lipinski definition) is 5. The first-order valence-corrected chi connectivity index (χ1v) is 12.1. The van der Waals surface area contributed by atoms with Crippen LogP contribution in [0, 0.1) is 11.8 Å². The van der Waals surface area contributed by atoms with E-state index in [-0.39, 0.29) is 11.7 Å². The van der Waals surface area contributed by atoms with Gasteiger partial charge >= 0.3 is 0 Å². The van der Waals surface area contributed by atoms with Gasteiger partial charge < -0.3 is 4.90 Å². The van der Waals surface area contributed by atoms with Gasteiger partial charge in [-0.1, -0.05) is 12.1 Å². The largest absolute Gasteiger partial charge is 0.303 e. The molecule has 2 aliphatic rings. The molecule has 1 unspecified atom stereocenters. The number of anilines is 1. The summed E-state index contributed by atoms with van der Waals surface area (Å²) in [5.41, 5.74) is 3.30. The predicted octanol–water partition coefficient (Wildman–Crippen LogP) is 2.76. The van der Waals surface area contributed by atoms with Crippen molar-refractivity contribution in [3.05, 3.63) is 59.4 Å². The van der Waals surface area contributed by atoms with Gasteiger partial charge in [0.05, 0.1) is 6.26 Å². The molecule has 1 aliphatic carbocycles. The number of aromatic nitrogens is 1. The first-order valence-electron chi connectivity index (χ1n) is 10.2. The van der Waals surface area contributed by atoms with Gasteiger partial charge in [-0.15, -0.1) is 0 Å². The van der Waals surface area contributed by atoms with E-state index in [1.807, 2.05) is 24.4 Å². The van der Waals surface area contributed by atoms with Crippen molar-refractivity contribution in [2.45, 2.75) is 25.7 Å². The number of pyridine rings is 1. The minimum absolute atomic E-state index is 0.0245. The van der Waals surface area contributed by atoms with Gasteiger partial charge in [-0.25, -0.2) is 8.42 Å². The Bertz CT molecular complexity index is 984. The number of likely N-dealkylation sites (tertiary alicyclic amines) is 1. The Labute approximate surface area is 172 Å². The Morgan fingerprint density at radius 2 is 1.97 bits per heavy atom. The smallest absolute Gasteiger partial charge is 0.229 e. The van der Waals surface area contributed by atoms with Crippen LogP contribution < -0.4 is 4.72 Å². The molecule has 0 radical (unpaired) electrons. The van der Waals surface area contributed by atoms with E-state index in [2.05, 4.69) is 20.7 Å². The second kappa shape index (κ2) is 8.24. The summed E-state index contributed by atoms with van der Waals surface area (Å²) in [6, 6.07) is 11.4. The van der Waals surface area contributed by atoms with E-state index in [0.29, 0.717) is 17.2 Å². The zero-order valence-corrected chi connectivity index (χ0v) is 17.5. The minimum Gasteiger partial charge on any atom is -0.303 e. The molecule has 1 atom stereocenters. The molecule has 7 heteroatoms. The van der Waals surface area contributed by atoms with E-state index < -0.39 is 10.0 Å². The fraction of sp³-hybridized carbons (Fsp3) is 0.455. The lowest BCUT2D eigenvalue weighted by molar-refractivity contribution is 0.0824. The van der Waals surface area contributed by atoms with Crippen LogP contribution in [0.25, 0.3) is 0 Å². The fourth-order valence-electron chi connectivity index (χ4n) is 4.57. The van der Waals surface area contributed by atoms with Crippen molar-refractivity contribution >= 4 is 21.5 Å². The second-order valence-corrected chi connectivity index (χ2v) is 9.92. The maximum atomic E-state index is 13.0. The molecular formula is C22H27N3O3S. The van der Waals surface area contributed by atoms with Gasteiger partial charge in [0.15, 0.2) is 5.78 Å². The first kappa shape index (κ1) is 20.0. The van der Waals surface area contributed by atoms with Crippen LogP contribution in [-0.2, 0) is 22.9 Å². The molecule has 29 heavy (non-hydrogen) atoms. The molecule has 1 fully saturated rings. The van der Waals surface area contributed by atoms with Gasteiger partial charge in [0.2, 0.25) is 10.0 Å². The molecule has 1 saturated heterocycles. The predicted molar refractivity (Wildman–Crippen MR) is 114 cm³/mol. The highest BCUT2D eigenvalue weighted by molar-refractivity contribution is 7.92. The van der Waals surface area contributed by atoms with Crippen LogP contribution in [0.2, 0.25) is 0 Å². The van der Waals surface area contributed by atoms with Gasteiger partial charge in [0, 0.05) is 42.0 Å². The Morgan fingerprint density at radius 3 is 2.66 bits per heavy atom.